The van der Waals surface area contributed by atoms with Crippen molar-refractivity contribution in [2.45, 2.75) is 32.4 Å². The number of benzene rings is 1. The molecule has 1 aromatic carbocycles. The second-order valence-electron chi connectivity index (χ2n) is 7.86. The van der Waals surface area contributed by atoms with Crippen LogP contribution in [0.5, 0.6) is 0 Å². The van der Waals surface area contributed by atoms with Gasteiger partial charge < -0.3 is 10.6 Å². The van der Waals surface area contributed by atoms with Crippen molar-refractivity contribution in [1.29, 1.82) is 0 Å². The number of nitrogens with zero attached hydrogens (tertiary/aromatic N) is 1. The van der Waals surface area contributed by atoms with Gasteiger partial charge in [-0.2, -0.15) is 0 Å². The number of amides is 2. The number of nitrogens with one attached hydrogen (secondary N) is 2. The maximum Gasteiger partial charge on any atom is 0.239 e. The van der Waals surface area contributed by atoms with Gasteiger partial charge in [0, 0.05) is 30.4 Å². The summed E-state index contributed by atoms with van der Waals surface area (Å²) in [5.74, 6) is 0.420. The average Bonchev–Trinajstić information content (AvgIpc) is 3.26. The zero-order valence-electron chi connectivity index (χ0n) is 16.2. The molecule has 2 amide bonds. The van der Waals surface area contributed by atoms with Crippen LogP contribution < -0.4 is 10.6 Å². The van der Waals surface area contributed by atoms with E-state index in [1.165, 1.54) is 16.0 Å². The molecule has 2 aromatic rings. The Bertz CT molecular complexity index is 835. The average molecular weight is 398 g/mol. The van der Waals surface area contributed by atoms with Crippen molar-refractivity contribution < 1.29 is 9.59 Å². The van der Waals surface area contributed by atoms with Crippen molar-refractivity contribution in [2.24, 2.45) is 11.8 Å². The SMILES string of the molecule is C[C@@H]1C[C@@H]1C(=O)NCC(=O)NC[C@H](c1ccccc1)N1CCc2sccc2C1. The van der Waals surface area contributed by atoms with Crippen LogP contribution in [0.25, 0.3) is 0 Å². The quantitative estimate of drug-likeness (QED) is 0.755. The Morgan fingerprint density at radius 3 is 2.75 bits per heavy atom. The Labute approximate surface area is 170 Å². The second kappa shape index (κ2) is 8.45. The summed E-state index contributed by atoms with van der Waals surface area (Å²) < 4.78 is 0. The van der Waals surface area contributed by atoms with Gasteiger partial charge in [0.2, 0.25) is 11.8 Å². The lowest BCUT2D eigenvalue weighted by Gasteiger charge is -2.35. The van der Waals surface area contributed by atoms with Crippen LogP contribution in [0.2, 0.25) is 0 Å². The van der Waals surface area contributed by atoms with Crippen LogP contribution in [-0.2, 0) is 22.6 Å². The Morgan fingerprint density at radius 2 is 2.00 bits per heavy atom. The van der Waals surface area contributed by atoms with Crippen LogP contribution in [0.1, 0.15) is 35.4 Å². The Balaban J connectivity index is 1.36. The van der Waals surface area contributed by atoms with Gasteiger partial charge in [-0.25, -0.2) is 0 Å². The van der Waals surface area contributed by atoms with E-state index in [-0.39, 0.29) is 30.3 Å². The molecule has 4 rings (SSSR count). The van der Waals surface area contributed by atoms with E-state index >= 15 is 0 Å². The maximum atomic E-state index is 12.3. The largest absolute Gasteiger partial charge is 0.353 e. The lowest BCUT2D eigenvalue weighted by atomic mass is 10.0. The van der Waals surface area contributed by atoms with E-state index < -0.39 is 0 Å². The fraction of sp³-hybridized carbons (Fsp3) is 0.455. The molecule has 2 aliphatic rings. The standard InChI is InChI=1S/C22H27N3O2S/c1-15-11-18(15)22(27)24-13-21(26)23-12-19(16-5-3-2-4-6-16)25-9-7-20-17(14-25)8-10-28-20/h2-6,8,10,15,18-19H,7,9,11-14H2,1H3,(H,23,26)(H,24,27)/t15-,18+,19-/m1/s1. The minimum atomic E-state index is -0.129. The van der Waals surface area contributed by atoms with E-state index in [1.807, 2.05) is 29.5 Å². The van der Waals surface area contributed by atoms with Gasteiger partial charge >= 0.3 is 0 Å². The summed E-state index contributed by atoms with van der Waals surface area (Å²) in [7, 11) is 0. The first-order valence-electron chi connectivity index (χ1n) is 10.0. The lowest BCUT2D eigenvalue weighted by Crippen LogP contribution is -2.43. The molecule has 0 saturated heterocycles. The van der Waals surface area contributed by atoms with Gasteiger partial charge in [-0.05, 0) is 41.3 Å². The maximum absolute atomic E-state index is 12.3. The molecule has 1 fully saturated rings. The van der Waals surface area contributed by atoms with Gasteiger partial charge in [0.05, 0.1) is 12.6 Å². The molecule has 6 heteroatoms. The summed E-state index contributed by atoms with van der Waals surface area (Å²) in [5, 5.41) is 7.96. The van der Waals surface area contributed by atoms with Gasteiger partial charge in [0.25, 0.3) is 0 Å². The van der Waals surface area contributed by atoms with E-state index in [0.29, 0.717) is 12.5 Å². The molecule has 1 aromatic heterocycles. The first-order chi connectivity index (χ1) is 13.6. The third-order valence-corrected chi connectivity index (χ3v) is 6.85. The molecule has 2 heterocycles. The van der Waals surface area contributed by atoms with Crippen molar-refractivity contribution >= 4 is 23.2 Å². The summed E-state index contributed by atoms with van der Waals surface area (Å²) in [6, 6.07) is 12.7. The monoisotopic (exact) mass is 397 g/mol. The third kappa shape index (κ3) is 4.45. The highest BCUT2D eigenvalue weighted by Crippen LogP contribution is 2.37. The Kier molecular flexibility index (Phi) is 5.78. The molecular weight excluding hydrogens is 370 g/mol. The number of carbonyl (C=O) groups excluding carboxylic acids is 2. The van der Waals surface area contributed by atoms with Gasteiger partial charge in [-0.1, -0.05) is 37.3 Å². The molecule has 2 N–H and O–H groups in total. The van der Waals surface area contributed by atoms with Crippen molar-refractivity contribution in [3.63, 3.8) is 0 Å². The molecule has 1 aliphatic heterocycles. The first-order valence-corrected chi connectivity index (χ1v) is 10.9. The first kappa shape index (κ1) is 19.2. The molecule has 28 heavy (non-hydrogen) atoms. The Morgan fingerprint density at radius 1 is 1.21 bits per heavy atom. The van der Waals surface area contributed by atoms with Crippen molar-refractivity contribution in [2.75, 3.05) is 19.6 Å². The van der Waals surface area contributed by atoms with Gasteiger partial charge in [-0.3, -0.25) is 14.5 Å². The lowest BCUT2D eigenvalue weighted by molar-refractivity contribution is -0.127. The summed E-state index contributed by atoms with van der Waals surface area (Å²) in [4.78, 5) is 28.1. The van der Waals surface area contributed by atoms with Crippen molar-refractivity contribution in [3.8, 4) is 0 Å². The summed E-state index contributed by atoms with van der Waals surface area (Å²) in [6.07, 6.45) is 1.99. The fourth-order valence-corrected chi connectivity index (χ4v) is 4.82. The molecule has 3 atom stereocenters. The van der Waals surface area contributed by atoms with E-state index in [1.54, 1.807) is 0 Å². The molecule has 0 bridgehead atoms. The van der Waals surface area contributed by atoms with Crippen LogP contribution >= 0.6 is 11.3 Å². The van der Waals surface area contributed by atoms with Crippen molar-refractivity contribution in [1.82, 2.24) is 15.5 Å². The summed E-state index contributed by atoms with van der Waals surface area (Å²) in [5.41, 5.74) is 2.60. The highest BCUT2D eigenvalue weighted by atomic mass is 32.1. The predicted molar refractivity (Wildman–Crippen MR) is 111 cm³/mol. The van der Waals surface area contributed by atoms with Crippen LogP contribution in [-0.4, -0.2) is 36.3 Å². The van der Waals surface area contributed by atoms with Gasteiger partial charge in [-0.15, -0.1) is 11.3 Å². The van der Waals surface area contributed by atoms with E-state index in [0.717, 1.165) is 25.9 Å². The number of hydrogen-bond acceptors (Lipinski definition) is 4. The molecular formula is C22H27N3O2S. The van der Waals surface area contributed by atoms with Crippen molar-refractivity contribution in [3.05, 3.63) is 57.8 Å². The number of fused-ring (bicyclic) bond motifs is 1. The van der Waals surface area contributed by atoms with Gasteiger partial charge in [0.1, 0.15) is 0 Å². The minimum absolute atomic E-state index is 0.00303. The van der Waals surface area contributed by atoms with Gasteiger partial charge in [0.15, 0.2) is 0 Å². The third-order valence-electron chi connectivity index (χ3n) is 5.82. The van der Waals surface area contributed by atoms with Crippen LogP contribution in [0.4, 0.5) is 0 Å². The zero-order valence-corrected chi connectivity index (χ0v) is 17.0. The molecule has 1 saturated carbocycles. The minimum Gasteiger partial charge on any atom is -0.353 e. The summed E-state index contributed by atoms with van der Waals surface area (Å²) in [6.45, 7) is 4.55. The van der Waals surface area contributed by atoms with Crippen LogP contribution in [0, 0.1) is 11.8 Å². The molecule has 0 spiro atoms. The molecule has 0 unspecified atom stereocenters. The Hall–Kier alpha value is -2.18. The smallest absolute Gasteiger partial charge is 0.239 e. The number of carbonyl (C=O) groups is 2. The second-order valence-corrected chi connectivity index (χ2v) is 8.86. The van der Waals surface area contributed by atoms with E-state index in [9.17, 15) is 9.59 Å². The highest BCUT2D eigenvalue weighted by Gasteiger charge is 2.39. The highest BCUT2D eigenvalue weighted by molar-refractivity contribution is 7.10. The molecule has 1 aliphatic carbocycles. The number of thiophene rings is 1. The van der Waals surface area contributed by atoms with E-state index in [4.69, 9.17) is 0 Å². The number of hydrogen-bond donors (Lipinski definition) is 2. The molecule has 148 valence electrons. The van der Waals surface area contributed by atoms with Crippen LogP contribution in [0.15, 0.2) is 41.8 Å². The number of rotatable bonds is 7. The normalized spacial score (nSPS) is 22.2. The molecule has 5 nitrogen and oxygen atoms in total. The zero-order chi connectivity index (χ0) is 19.5. The van der Waals surface area contributed by atoms with Crippen LogP contribution in [0.3, 0.4) is 0 Å². The summed E-state index contributed by atoms with van der Waals surface area (Å²) >= 11 is 1.83. The fourth-order valence-electron chi connectivity index (χ4n) is 3.93. The topological polar surface area (TPSA) is 61.4 Å². The predicted octanol–water partition coefficient (Wildman–Crippen LogP) is 2.74. The molecule has 0 radical (unpaired) electrons. The van der Waals surface area contributed by atoms with E-state index in [2.05, 4.69) is 46.0 Å².